The van der Waals surface area contributed by atoms with E-state index in [9.17, 15) is 5.11 Å². The molecule has 1 aliphatic rings. The zero-order chi connectivity index (χ0) is 12.8. The number of thiophene rings is 1. The van der Waals surface area contributed by atoms with Crippen molar-refractivity contribution in [1.82, 2.24) is 0 Å². The van der Waals surface area contributed by atoms with Crippen molar-refractivity contribution in [3.05, 3.63) is 28.0 Å². The Bertz CT molecular complexity index is 380. The third-order valence-electron chi connectivity index (χ3n) is 3.65. The standard InChI is InChI=1S/C15H23NOS/c16-9-8-15(17)13-10-14(18-11-13)7-6-12-4-2-1-3-5-12/h6-7,10-12,15,17H,1-5,8-9,16H2/b7-6+. The summed E-state index contributed by atoms with van der Waals surface area (Å²) >= 11 is 1.70. The molecule has 0 spiro atoms. The molecule has 0 saturated heterocycles. The van der Waals surface area contributed by atoms with Gasteiger partial charge in [0.05, 0.1) is 6.10 Å². The Balaban J connectivity index is 1.91. The number of hydrogen-bond donors (Lipinski definition) is 2. The fraction of sp³-hybridized carbons (Fsp3) is 0.600. The van der Waals surface area contributed by atoms with Crippen LogP contribution in [-0.2, 0) is 0 Å². The molecule has 1 aromatic heterocycles. The van der Waals surface area contributed by atoms with Gasteiger partial charge in [-0.15, -0.1) is 11.3 Å². The van der Waals surface area contributed by atoms with Gasteiger partial charge in [-0.25, -0.2) is 0 Å². The molecule has 1 aliphatic carbocycles. The van der Waals surface area contributed by atoms with Crippen LogP contribution in [-0.4, -0.2) is 11.7 Å². The number of aliphatic hydroxyl groups excluding tert-OH is 1. The van der Waals surface area contributed by atoms with Crippen molar-refractivity contribution >= 4 is 17.4 Å². The second-order valence-corrected chi connectivity index (χ2v) is 6.08. The van der Waals surface area contributed by atoms with Crippen LogP contribution in [0.15, 0.2) is 17.5 Å². The van der Waals surface area contributed by atoms with E-state index in [-0.39, 0.29) is 0 Å². The van der Waals surface area contributed by atoms with E-state index in [1.54, 1.807) is 11.3 Å². The first-order valence-corrected chi connectivity index (χ1v) is 7.82. The van der Waals surface area contributed by atoms with Crippen molar-refractivity contribution < 1.29 is 5.11 Å². The zero-order valence-corrected chi connectivity index (χ0v) is 11.7. The van der Waals surface area contributed by atoms with Gasteiger partial charge < -0.3 is 10.8 Å². The first kappa shape index (κ1) is 13.8. The fourth-order valence-electron chi connectivity index (χ4n) is 2.51. The molecule has 100 valence electrons. The van der Waals surface area contributed by atoms with Gasteiger partial charge in [0.2, 0.25) is 0 Å². The quantitative estimate of drug-likeness (QED) is 0.852. The van der Waals surface area contributed by atoms with E-state index in [1.807, 2.05) is 5.38 Å². The highest BCUT2D eigenvalue weighted by molar-refractivity contribution is 7.11. The summed E-state index contributed by atoms with van der Waals surface area (Å²) in [5.41, 5.74) is 6.47. The highest BCUT2D eigenvalue weighted by Gasteiger charge is 2.11. The van der Waals surface area contributed by atoms with E-state index in [4.69, 9.17) is 5.73 Å². The van der Waals surface area contributed by atoms with Gasteiger partial charge in [-0.05, 0) is 54.8 Å². The highest BCUT2D eigenvalue weighted by atomic mass is 32.1. The molecule has 2 rings (SSSR count). The number of rotatable bonds is 5. The summed E-state index contributed by atoms with van der Waals surface area (Å²) < 4.78 is 0. The number of hydrogen-bond acceptors (Lipinski definition) is 3. The maximum absolute atomic E-state index is 9.85. The number of aliphatic hydroxyl groups is 1. The van der Waals surface area contributed by atoms with Crippen LogP contribution in [0.2, 0.25) is 0 Å². The maximum atomic E-state index is 9.85. The molecule has 1 atom stereocenters. The average molecular weight is 265 g/mol. The first-order valence-electron chi connectivity index (χ1n) is 6.94. The van der Waals surface area contributed by atoms with Crippen LogP contribution in [0.4, 0.5) is 0 Å². The SMILES string of the molecule is NCCC(O)c1csc(/C=C/C2CCCCC2)c1. The lowest BCUT2D eigenvalue weighted by molar-refractivity contribution is 0.171. The van der Waals surface area contributed by atoms with Crippen LogP contribution in [0.1, 0.15) is 55.1 Å². The van der Waals surface area contributed by atoms with Crippen molar-refractivity contribution in [2.75, 3.05) is 6.54 Å². The molecular weight excluding hydrogens is 242 g/mol. The Kier molecular flexibility index (Phi) is 5.42. The van der Waals surface area contributed by atoms with E-state index in [0.717, 1.165) is 11.5 Å². The molecule has 1 unspecified atom stereocenters. The lowest BCUT2D eigenvalue weighted by Gasteiger charge is -2.17. The van der Waals surface area contributed by atoms with Gasteiger partial charge >= 0.3 is 0 Å². The van der Waals surface area contributed by atoms with Gasteiger partial charge in [-0.2, -0.15) is 0 Å². The molecule has 0 radical (unpaired) electrons. The predicted octanol–water partition coefficient (Wildman–Crippen LogP) is 3.72. The van der Waals surface area contributed by atoms with Gasteiger partial charge in [0.15, 0.2) is 0 Å². The summed E-state index contributed by atoms with van der Waals surface area (Å²) in [4.78, 5) is 1.24. The Morgan fingerprint density at radius 1 is 1.39 bits per heavy atom. The van der Waals surface area contributed by atoms with E-state index >= 15 is 0 Å². The monoisotopic (exact) mass is 265 g/mol. The molecule has 1 fully saturated rings. The predicted molar refractivity (Wildman–Crippen MR) is 78.6 cm³/mol. The summed E-state index contributed by atoms with van der Waals surface area (Å²) in [7, 11) is 0. The topological polar surface area (TPSA) is 46.2 Å². The molecule has 0 bridgehead atoms. The summed E-state index contributed by atoms with van der Waals surface area (Å²) in [5, 5.41) is 11.9. The average Bonchev–Trinajstić information content (AvgIpc) is 2.87. The van der Waals surface area contributed by atoms with Crippen LogP contribution in [0, 0.1) is 5.92 Å². The zero-order valence-electron chi connectivity index (χ0n) is 10.8. The minimum Gasteiger partial charge on any atom is -0.388 e. The number of nitrogens with two attached hydrogens (primary N) is 1. The summed E-state index contributed by atoms with van der Waals surface area (Å²) in [6.45, 7) is 0.532. The van der Waals surface area contributed by atoms with E-state index in [2.05, 4.69) is 18.2 Å². The lowest BCUT2D eigenvalue weighted by atomic mass is 9.89. The first-order chi connectivity index (χ1) is 8.79. The van der Waals surface area contributed by atoms with Crippen molar-refractivity contribution in [1.29, 1.82) is 0 Å². The summed E-state index contributed by atoms with van der Waals surface area (Å²) in [5.74, 6) is 0.762. The third kappa shape index (κ3) is 3.94. The summed E-state index contributed by atoms with van der Waals surface area (Å²) in [6.07, 6.45) is 11.6. The molecule has 3 heteroatoms. The molecule has 0 aliphatic heterocycles. The molecule has 1 heterocycles. The second kappa shape index (κ2) is 7.07. The van der Waals surface area contributed by atoms with Crippen molar-refractivity contribution in [2.24, 2.45) is 11.7 Å². The van der Waals surface area contributed by atoms with Crippen LogP contribution >= 0.6 is 11.3 Å². The normalized spacial score (nSPS) is 19.4. The number of allylic oxidation sites excluding steroid dienone is 1. The summed E-state index contributed by atoms with van der Waals surface area (Å²) in [6, 6.07) is 2.09. The Morgan fingerprint density at radius 3 is 2.89 bits per heavy atom. The van der Waals surface area contributed by atoms with Crippen LogP contribution in [0.5, 0.6) is 0 Å². The minimum atomic E-state index is -0.400. The van der Waals surface area contributed by atoms with E-state index < -0.39 is 6.10 Å². The highest BCUT2D eigenvalue weighted by Crippen LogP contribution is 2.27. The van der Waals surface area contributed by atoms with Crippen LogP contribution < -0.4 is 5.73 Å². The molecule has 0 aromatic carbocycles. The van der Waals surface area contributed by atoms with Gasteiger partial charge in [0.25, 0.3) is 0 Å². The van der Waals surface area contributed by atoms with Crippen LogP contribution in [0.25, 0.3) is 6.08 Å². The van der Waals surface area contributed by atoms with Gasteiger partial charge in [0, 0.05) is 4.88 Å². The molecule has 18 heavy (non-hydrogen) atoms. The minimum absolute atomic E-state index is 0.400. The molecule has 2 nitrogen and oxygen atoms in total. The van der Waals surface area contributed by atoms with Gasteiger partial charge in [-0.3, -0.25) is 0 Å². The molecule has 1 aromatic rings. The van der Waals surface area contributed by atoms with E-state index in [0.29, 0.717) is 13.0 Å². The molecule has 3 N–H and O–H groups in total. The Labute approximate surface area is 114 Å². The van der Waals surface area contributed by atoms with Crippen LogP contribution in [0.3, 0.4) is 0 Å². The van der Waals surface area contributed by atoms with Crippen molar-refractivity contribution in [3.63, 3.8) is 0 Å². The van der Waals surface area contributed by atoms with Gasteiger partial charge in [0.1, 0.15) is 0 Å². The fourth-order valence-corrected chi connectivity index (χ4v) is 3.37. The van der Waals surface area contributed by atoms with Gasteiger partial charge in [-0.1, -0.05) is 25.3 Å². The third-order valence-corrected chi connectivity index (χ3v) is 4.56. The molecular formula is C15H23NOS. The lowest BCUT2D eigenvalue weighted by Crippen LogP contribution is -2.05. The Morgan fingerprint density at radius 2 is 2.17 bits per heavy atom. The van der Waals surface area contributed by atoms with Crippen molar-refractivity contribution in [3.8, 4) is 0 Å². The second-order valence-electron chi connectivity index (χ2n) is 5.13. The molecule has 1 saturated carbocycles. The maximum Gasteiger partial charge on any atom is 0.0810 e. The molecule has 0 amide bonds. The smallest absolute Gasteiger partial charge is 0.0810 e. The van der Waals surface area contributed by atoms with Crippen molar-refractivity contribution in [2.45, 2.75) is 44.6 Å². The van der Waals surface area contributed by atoms with E-state index in [1.165, 1.54) is 37.0 Å². The largest absolute Gasteiger partial charge is 0.388 e. The Hall–Kier alpha value is -0.640.